The largest absolute Gasteiger partial charge is 0.317 e. The molecule has 0 radical (unpaired) electrons. The number of carbonyl (C=O) groups is 1. The van der Waals surface area contributed by atoms with Crippen molar-refractivity contribution < 1.29 is 4.79 Å². The lowest BCUT2D eigenvalue weighted by Gasteiger charge is -2.38. The SMILES string of the molecule is CCC1(C(=O)N(CC#N)CC#N)CCNCC1. The van der Waals surface area contributed by atoms with Gasteiger partial charge in [0.2, 0.25) is 5.91 Å². The van der Waals surface area contributed by atoms with Gasteiger partial charge in [-0.1, -0.05) is 6.92 Å². The Kier molecular flexibility index (Phi) is 4.93. The average Bonchev–Trinajstić information content (AvgIpc) is 2.38. The fourth-order valence-corrected chi connectivity index (χ4v) is 2.33. The highest BCUT2D eigenvalue weighted by Gasteiger charge is 2.40. The van der Waals surface area contributed by atoms with Crippen LogP contribution >= 0.6 is 0 Å². The van der Waals surface area contributed by atoms with Crippen LogP contribution in [0, 0.1) is 28.1 Å². The van der Waals surface area contributed by atoms with E-state index in [0.717, 1.165) is 32.4 Å². The Balaban J connectivity index is 2.83. The predicted octanol–water partition coefficient (Wildman–Crippen LogP) is 0.642. The molecule has 0 aliphatic carbocycles. The number of nitriles is 2. The smallest absolute Gasteiger partial charge is 0.230 e. The molecule has 1 fully saturated rings. The fraction of sp³-hybridized carbons (Fsp3) is 0.750. The first-order chi connectivity index (χ1) is 8.20. The van der Waals surface area contributed by atoms with Crippen LogP contribution in [0.3, 0.4) is 0 Å². The molecule has 17 heavy (non-hydrogen) atoms. The average molecular weight is 234 g/mol. The third-order valence-corrected chi connectivity index (χ3v) is 3.50. The van der Waals surface area contributed by atoms with Gasteiger partial charge in [-0.3, -0.25) is 4.79 Å². The van der Waals surface area contributed by atoms with Gasteiger partial charge in [-0.05, 0) is 32.4 Å². The molecule has 0 saturated carbocycles. The molecule has 0 unspecified atom stereocenters. The Bertz CT molecular complexity index is 330. The van der Waals surface area contributed by atoms with Crippen molar-refractivity contribution in [2.24, 2.45) is 5.41 Å². The molecule has 0 spiro atoms. The van der Waals surface area contributed by atoms with Gasteiger partial charge in [0, 0.05) is 0 Å². The lowest BCUT2D eigenvalue weighted by atomic mass is 9.75. The van der Waals surface area contributed by atoms with E-state index >= 15 is 0 Å². The zero-order chi connectivity index (χ0) is 12.7. The van der Waals surface area contributed by atoms with Crippen LogP contribution in [0.2, 0.25) is 0 Å². The van der Waals surface area contributed by atoms with Crippen molar-refractivity contribution in [3.63, 3.8) is 0 Å². The minimum Gasteiger partial charge on any atom is -0.317 e. The maximum absolute atomic E-state index is 12.4. The second-order valence-electron chi connectivity index (χ2n) is 4.36. The van der Waals surface area contributed by atoms with Crippen LogP contribution in [0.25, 0.3) is 0 Å². The number of hydrogen-bond donors (Lipinski definition) is 1. The molecule has 5 heteroatoms. The zero-order valence-corrected chi connectivity index (χ0v) is 10.2. The van der Waals surface area contributed by atoms with Gasteiger partial charge < -0.3 is 10.2 Å². The molecule has 0 atom stereocenters. The van der Waals surface area contributed by atoms with Gasteiger partial charge in [-0.2, -0.15) is 10.5 Å². The summed E-state index contributed by atoms with van der Waals surface area (Å²) in [5.74, 6) is -0.0374. The van der Waals surface area contributed by atoms with Crippen molar-refractivity contribution in [3.8, 4) is 12.1 Å². The van der Waals surface area contributed by atoms with Crippen LogP contribution in [0.4, 0.5) is 0 Å². The second-order valence-corrected chi connectivity index (χ2v) is 4.36. The van der Waals surface area contributed by atoms with Crippen LogP contribution in [-0.2, 0) is 4.79 Å². The summed E-state index contributed by atoms with van der Waals surface area (Å²) in [6, 6.07) is 3.90. The molecule has 0 aromatic carbocycles. The number of nitrogens with zero attached hydrogens (tertiary/aromatic N) is 3. The molecule has 5 nitrogen and oxygen atoms in total. The lowest BCUT2D eigenvalue weighted by Crippen LogP contribution is -2.49. The Morgan fingerprint density at radius 2 is 1.82 bits per heavy atom. The molecule has 0 aromatic heterocycles. The van der Waals surface area contributed by atoms with Crippen LogP contribution < -0.4 is 5.32 Å². The molecule has 1 heterocycles. The number of piperidine rings is 1. The lowest BCUT2D eigenvalue weighted by molar-refractivity contribution is -0.142. The maximum atomic E-state index is 12.4. The highest BCUT2D eigenvalue weighted by molar-refractivity contribution is 5.83. The predicted molar refractivity (Wildman–Crippen MR) is 62.6 cm³/mol. The van der Waals surface area contributed by atoms with Gasteiger partial charge in [0.05, 0.1) is 17.6 Å². The number of hydrogen-bond acceptors (Lipinski definition) is 4. The highest BCUT2D eigenvalue weighted by atomic mass is 16.2. The molecule has 0 aromatic rings. The summed E-state index contributed by atoms with van der Waals surface area (Å²) in [6.07, 6.45) is 2.34. The van der Waals surface area contributed by atoms with E-state index in [1.54, 1.807) is 0 Å². The first kappa shape index (κ1) is 13.5. The number of amides is 1. The van der Waals surface area contributed by atoms with Gasteiger partial charge in [0.1, 0.15) is 13.1 Å². The Hall–Kier alpha value is -1.59. The number of carbonyl (C=O) groups excluding carboxylic acids is 1. The summed E-state index contributed by atoms with van der Waals surface area (Å²) in [6.45, 7) is 3.66. The number of nitrogens with one attached hydrogen (secondary N) is 1. The van der Waals surface area contributed by atoms with E-state index in [-0.39, 0.29) is 24.4 Å². The first-order valence-electron chi connectivity index (χ1n) is 5.94. The van der Waals surface area contributed by atoms with E-state index in [4.69, 9.17) is 10.5 Å². The van der Waals surface area contributed by atoms with Gasteiger partial charge in [-0.15, -0.1) is 0 Å². The van der Waals surface area contributed by atoms with Crippen molar-refractivity contribution in [1.82, 2.24) is 10.2 Å². The topological polar surface area (TPSA) is 79.9 Å². The summed E-state index contributed by atoms with van der Waals surface area (Å²) in [5, 5.41) is 20.6. The molecule has 1 aliphatic rings. The zero-order valence-electron chi connectivity index (χ0n) is 10.2. The van der Waals surface area contributed by atoms with Crippen LogP contribution in [0.1, 0.15) is 26.2 Å². The van der Waals surface area contributed by atoms with Crippen LogP contribution in [-0.4, -0.2) is 37.0 Å². The Morgan fingerprint density at radius 1 is 1.29 bits per heavy atom. The minimum absolute atomic E-state index is 0.00156. The molecule has 0 bridgehead atoms. The quantitative estimate of drug-likeness (QED) is 0.724. The maximum Gasteiger partial charge on any atom is 0.230 e. The molecule has 1 aliphatic heterocycles. The van der Waals surface area contributed by atoms with E-state index in [9.17, 15) is 4.79 Å². The molecule has 1 amide bonds. The van der Waals surface area contributed by atoms with Crippen molar-refractivity contribution in [2.45, 2.75) is 26.2 Å². The van der Waals surface area contributed by atoms with Crippen LogP contribution in [0.15, 0.2) is 0 Å². The number of rotatable bonds is 4. The minimum atomic E-state index is -0.376. The Morgan fingerprint density at radius 3 is 2.24 bits per heavy atom. The summed E-state index contributed by atoms with van der Waals surface area (Å²) >= 11 is 0. The third-order valence-electron chi connectivity index (χ3n) is 3.50. The van der Waals surface area contributed by atoms with E-state index in [1.807, 2.05) is 19.1 Å². The molecule has 1 rings (SSSR count). The van der Waals surface area contributed by atoms with Crippen LogP contribution in [0.5, 0.6) is 0 Å². The molecular weight excluding hydrogens is 216 g/mol. The standard InChI is InChI=1S/C12H18N4O/c1-2-12(3-7-15-8-4-12)11(17)16(9-5-13)10-6-14/h15H,2-4,7-10H2,1H3. The van der Waals surface area contributed by atoms with Crippen molar-refractivity contribution in [3.05, 3.63) is 0 Å². The summed E-state index contributed by atoms with van der Waals surface area (Å²) in [5.41, 5.74) is -0.376. The molecule has 1 N–H and O–H groups in total. The Labute approximate surface area is 102 Å². The summed E-state index contributed by atoms with van der Waals surface area (Å²) in [7, 11) is 0. The summed E-state index contributed by atoms with van der Waals surface area (Å²) in [4.78, 5) is 13.8. The fourth-order valence-electron chi connectivity index (χ4n) is 2.33. The normalized spacial score (nSPS) is 17.8. The summed E-state index contributed by atoms with van der Waals surface area (Å²) < 4.78 is 0. The van der Waals surface area contributed by atoms with E-state index in [2.05, 4.69) is 5.32 Å². The van der Waals surface area contributed by atoms with Crippen molar-refractivity contribution in [2.75, 3.05) is 26.2 Å². The van der Waals surface area contributed by atoms with Gasteiger partial charge in [0.25, 0.3) is 0 Å². The second kappa shape index (κ2) is 6.22. The van der Waals surface area contributed by atoms with E-state index < -0.39 is 0 Å². The van der Waals surface area contributed by atoms with Crippen molar-refractivity contribution in [1.29, 1.82) is 10.5 Å². The third kappa shape index (κ3) is 2.95. The van der Waals surface area contributed by atoms with Crippen molar-refractivity contribution >= 4 is 5.91 Å². The first-order valence-corrected chi connectivity index (χ1v) is 5.94. The van der Waals surface area contributed by atoms with Gasteiger partial charge >= 0.3 is 0 Å². The monoisotopic (exact) mass is 234 g/mol. The van der Waals surface area contributed by atoms with E-state index in [0.29, 0.717) is 0 Å². The van der Waals surface area contributed by atoms with E-state index in [1.165, 1.54) is 4.90 Å². The molecule has 1 saturated heterocycles. The molecular formula is C12H18N4O. The van der Waals surface area contributed by atoms with Gasteiger partial charge in [-0.25, -0.2) is 0 Å². The van der Waals surface area contributed by atoms with Gasteiger partial charge in [0.15, 0.2) is 0 Å². The highest BCUT2D eigenvalue weighted by Crippen LogP contribution is 2.34. The molecule has 92 valence electrons.